The number of hydrogen-bond donors (Lipinski definition) is 0. The number of likely N-dealkylation sites (N-methyl/N-ethyl adjacent to an activating group) is 1. The molecule has 1 aliphatic heterocycles. The molecule has 158 valence electrons. The average molecular weight is 417 g/mol. The molecule has 1 aliphatic rings. The Bertz CT molecular complexity index is 786. The predicted octanol–water partition coefficient (Wildman–Crippen LogP) is 6.08. The molecule has 0 radical (unpaired) electrons. The summed E-state index contributed by atoms with van der Waals surface area (Å²) in [6, 6.07) is 11.0. The second kappa shape index (κ2) is 8.36. The van der Waals surface area contributed by atoms with Gasteiger partial charge in [-0.15, -0.1) is 0 Å². The van der Waals surface area contributed by atoms with E-state index in [0.29, 0.717) is 6.42 Å². The molecular weight excluding hydrogens is 396 g/mol. The number of nitrogens with zero attached hydrogens (tertiary/aromatic N) is 1. The SMILES string of the molecule is CN1CCC[C@@H](OCc2cc(C(F)(F)F)cc(C(F)(F)F)c2)[C@H]1c1ccccc1. The van der Waals surface area contributed by atoms with Crippen LogP contribution in [0.2, 0.25) is 0 Å². The summed E-state index contributed by atoms with van der Waals surface area (Å²) in [5, 5.41) is 0. The summed E-state index contributed by atoms with van der Waals surface area (Å²) in [7, 11) is 1.93. The topological polar surface area (TPSA) is 12.5 Å². The smallest absolute Gasteiger partial charge is 0.372 e. The van der Waals surface area contributed by atoms with E-state index in [1.165, 1.54) is 0 Å². The van der Waals surface area contributed by atoms with Gasteiger partial charge in [0.2, 0.25) is 0 Å². The zero-order valence-corrected chi connectivity index (χ0v) is 15.7. The molecule has 2 aromatic carbocycles. The van der Waals surface area contributed by atoms with Crippen LogP contribution in [0.5, 0.6) is 0 Å². The summed E-state index contributed by atoms with van der Waals surface area (Å²) in [5.41, 5.74) is -1.80. The van der Waals surface area contributed by atoms with Gasteiger partial charge in [-0.25, -0.2) is 0 Å². The lowest BCUT2D eigenvalue weighted by molar-refractivity contribution is -0.143. The Morgan fingerprint density at radius 1 is 0.931 bits per heavy atom. The maximum absolute atomic E-state index is 13.1. The summed E-state index contributed by atoms with van der Waals surface area (Å²) in [5.74, 6) is 0. The fraction of sp³-hybridized carbons (Fsp3) is 0.429. The molecule has 0 spiro atoms. The Hall–Kier alpha value is -2.06. The number of rotatable bonds is 4. The number of piperidine rings is 1. The van der Waals surface area contributed by atoms with Crippen molar-refractivity contribution >= 4 is 0 Å². The highest BCUT2D eigenvalue weighted by Gasteiger charge is 2.37. The maximum atomic E-state index is 13.1. The van der Waals surface area contributed by atoms with Gasteiger partial charge in [-0.2, -0.15) is 26.3 Å². The van der Waals surface area contributed by atoms with Gasteiger partial charge in [0.25, 0.3) is 0 Å². The molecule has 3 rings (SSSR count). The highest BCUT2D eigenvalue weighted by molar-refractivity contribution is 5.33. The van der Waals surface area contributed by atoms with E-state index in [0.717, 1.165) is 30.7 Å². The van der Waals surface area contributed by atoms with Crippen LogP contribution in [-0.2, 0) is 23.7 Å². The van der Waals surface area contributed by atoms with E-state index < -0.39 is 23.5 Å². The quantitative estimate of drug-likeness (QED) is 0.560. The molecule has 29 heavy (non-hydrogen) atoms. The van der Waals surface area contributed by atoms with Crippen molar-refractivity contribution in [3.8, 4) is 0 Å². The van der Waals surface area contributed by atoms with Gasteiger partial charge in [0.1, 0.15) is 0 Å². The lowest BCUT2D eigenvalue weighted by atomic mass is 9.93. The number of benzene rings is 2. The largest absolute Gasteiger partial charge is 0.416 e. The second-order valence-electron chi connectivity index (χ2n) is 7.24. The summed E-state index contributed by atoms with van der Waals surface area (Å²) in [6.07, 6.45) is -8.56. The lowest BCUT2D eigenvalue weighted by Gasteiger charge is -2.39. The van der Waals surface area contributed by atoms with Gasteiger partial charge in [0.05, 0.1) is 29.9 Å². The Balaban J connectivity index is 1.84. The molecule has 0 saturated carbocycles. The van der Waals surface area contributed by atoms with Gasteiger partial charge in [-0.3, -0.25) is 4.90 Å². The summed E-state index contributed by atoms with van der Waals surface area (Å²) in [6.45, 7) is 0.510. The van der Waals surface area contributed by atoms with Crippen molar-refractivity contribution in [2.75, 3.05) is 13.6 Å². The lowest BCUT2D eigenvalue weighted by Crippen LogP contribution is -2.40. The van der Waals surface area contributed by atoms with Gasteiger partial charge in [-0.1, -0.05) is 30.3 Å². The first kappa shape index (κ1) is 21.6. The Kier molecular flexibility index (Phi) is 6.24. The molecule has 2 nitrogen and oxygen atoms in total. The summed E-state index contributed by atoms with van der Waals surface area (Å²) in [4.78, 5) is 2.09. The average Bonchev–Trinajstić information content (AvgIpc) is 2.65. The minimum absolute atomic E-state index is 0.113. The minimum atomic E-state index is -4.87. The van der Waals surface area contributed by atoms with Crippen LogP contribution in [0.3, 0.4) is 0 Å². The first-order valence-electron chi connectivity index (χ1n) is 9.21. The van der Waals surface area contributed by atoms with Crippen LogP contribution < -0.4 is 0 Å². The first-order chi connectivity index (χ1) is 13.6. The molecule has 1 fully saturated rings. The number of alkyl halides is 6. The Morgan fingerprint density at radius 3 is 2.07 bits per heavy atom. The van der Waals surface area contributed by atoms with Gasteiger partial charge in [-0.05, 0) is 55.8 Å². The maximum Gasteiger partial charge on any atom is 0.416 e. The normalized spacial score (nSPS) is 21.3. The van der Waals surface area contributed by atoms with Crippen molar-refractivity contribution in [3.05, 3.63) is 70.8 Å². The molecule has 0 amide bonds. The number of halogens is 6. The van der Waals surface area contributed by atoms with Crippen LogP contribution in [0.4, 0.5) is 26.3 Å². The van der Waals surface area contributed by atoms with Gasteiger partial charge in [0.15, 0.2) is 0 Å². The number of likely N-dealkylation sites (tertiary alicyclic amines) is 1. The monoisotopic (exact) mass is 417 g/mol. The summed E-state index contributed by atoms with van der Waals surface area (Å²) >= 11 is 0. The van der Waals surface area contributed by atoms with E-state index in [1.807, 2.05) is 37.4 Å². The molecule has 0 aromatic heterocycles. The fourth-order valence-electron chi connectivity index (χ4n) is 3.72. The van der Waals surface area contributed by atoms with E-state index in [2.05, 4.69) is 4.90 Å². The van der Waals surface area contributed by atoms with Crippen molar-refractivity contribution in [3.63, 3.8) is 0 Å². The first-order valence-corrected chi connectivity index (χ1v) is 9.21. The van der Waals surface area contributed by atoms with Gasteiger partial charge >= 0.3 is 12.4 Å². The van der Waals surface area contributed by atoms with Crippen LogP contribution in [0, 0.1) is 0 Å². The molecule has 0 bridgehead atoms. The summed E-state index contributed by atoms with van der Waals surface area (Å²) < 4.78 is 84.2. The molecule has 0 unspecified atom stereocenters. The van der Waals surface area contributed by atoms with Crippen LogP contribution in [0.1, 0.15) is 41.1 Å². The Morgan fingerprint density at radius 2 is 1.52 bits per heavy atom. The standard InChI is InChI=1S/C21H21F6NO/c1-28-9-5-8-18(19(28)15-6-3-2-4-7-15)29-13-14-10-16(20(22,23)24)12-17(11-14)21(25,26)27/h2-4,6-7,10-12,18-19H,5,8-9,13H2,1H3/t18-,19-/m1/s1. The fourth-order valence-corrected chi connectivity index (χ4v) is 3.72. The molecule has 8 heteroatoms. The third-order valence-corrected chi connectivity index (χ3v) is 5.08. The van der Waals surface area contributed by atoms with Crippen LogP contribution in [0.25, 0.3) is 0 Å². The zero-order valence-electron chi connectivity index (χ0n) is 15.7. The molecule has 1 saturated heterocycles. The molecule has 0 aliphatic carbocycles. The molecule has 2 aromatic rings. The Labute approximate surface area is 165 Å². The van der Waals surface area contributed by atoms with Crippen LogP contribution >= 0.6 is 0 Å². The van der Waals surface area contributed by atoms with E-state index in [1.54, 1.807) is 0 Å². The van der Waals surface area contributed by atoms with Crippen molar-refractivity contribution in [1.29, 1.82) is 0 Å². The second-order valence-corrected chi connectivity index (χ2v) is 7.24. The molecular formula is C21H21F6NO. The minimum Gasteiger partial charge on any atom is -0.372 e. The van der Waals surface area contributed by atoms with Crippen LogP contribution in [0.15, 0.2) is 48.5 Å². The molecule has 0 N–H and O–H groups in total. The highest BCUT2D eigenvalue weighted by atomic mass is 19.4. The number of hydrogen-bond acceptors (Lipinski definition) is 2. The van der Waals surface area contributed by atoms with E-state index in [4.69, 9.17) is 4.74 Å². The van der Waals surface area contributed by atoms with Crippen molar-refractivity contribution in [2.24, 2.45) is 0 Å². The molecule has 2 atom stereocenters. The van der Waals surface area contributed by atoms with Gasteiger partial charge < -0.3 is 4.74 Å². The molecule has 1 heterocycles. The van der Waals surface area contributed by atoms with Crippen molar-refractivity contribution in [1.82, 2.24) is 4.90 Å². The highest BCUT2D eigenvalue weighted by Crippen LogP contribution is 2.37. The van der Waals surface area contributed by atoms with E-state index in [-0.39, 0.29) is 30.4 Å². The third kappa shape index (κ3) is 5.30. The third-order valence-electron chi connectivity index (χ3n) is 5.08. The van der Waals surface area contributed by atoms with E-state index in [9.17, 15) is 26.3 Å². The van der Waals surface area contributed by atoms with Crippen LogP contribution in [-0.4, -0.2) is 24.6 Å². The zero-order chi connectivity index (χ0) is 21.2. The van der Waals surface area contributed by atoms with Crippen molar-refractivity contribution < 1.29 is 31.1 Å². The van der Waals surface area contributed by atoms with E-state index >= 15 is 0 Å². The van der Waals surface area contributed by atoms with Crippen molar-refractivity contribution in [2.45, 2.75) is 43.9 Å². The van der Waals surface area contributed by atoms with Gasteiger partial charge in [0, 0.05) is 0 Å². The predicted molar refractivity (Wildman–Crippen MR) is 96.1 cm³/mol. The number of ether oxygens (including phenoxy) is 1.